The van der Waals surface area contributed by atoms with Crippen molar-refractivity contribution < 1.29 is 9.59 Å². The average Bonchev–Trinajstić information content (AvgIpc) is 2.45. The summed E-state index contributed by atoms with van der Waals surface area (Å²) in [5.41, 5.74) is 6.02. The van der Waals surface area contributed by atoms with Crippen LogP contribution in [0.25, 0.3) is 0 Å². The summed E-state index contributed by atoms with van der Waals surface area (Å²) in [6, 6.07) is -0.346. The van der Waals surface area contributed by atoms with E-state index in [1.807, 2.05) is 25.7 Å². The molecule has 1 fully saturated rings. The summed E-state index contributed by atoms with van der Waals surface area (Å²) in [7, 11) is 0. The molecule has 1 saturated heterocycles. The van der Waals surface area contributed by atoms with E-state index in [1.165, 1.54) is 0 Å². The lowest BCUT2D eigenvalue weighted by atomic mass is 9.97. The fraction of sp³-hybridized carbons (Fsp3) is 0.867. The highest BCUT2D eigenvalue weighted by molar-refractivity contribution is 5.85. The molecule has 0 spiro atoms. The quantitative estimate of drug-likeness (QED) is 0.782. The van der Waals surface area contributed by atoms with Gasteiger partial charge >= 0.3 is 0 Å². The maximum atomic E-state index is 12.3. The molecule has 3 N–H and O–H groups in total. The number of rotatable bonds is 6. The first-order valence-electron chi connectivity index (χ1n) is 7.83. The van der Waals surface area contributed by atoms with Crippen molar-refractivity contribution in [3.8, 4) is 0 Å². The Morgan fingerprint density at radius 2 is 2.05 bits per heavy atom. The highest BCUT2D eigenvalue weighted by atomic mass is 35.5. The second kappa shape index (κ2) is 10.0. The van der Waals surface area contributed by atoms with E-state index in [1.54, 1.807) is 0 Å². The molecule has 124 valence electrons. The summed E-state index contributed by atoms with van der Waals surface area (Å²) in [5.74, 6) is 0.296. The van der Waals surface area contributed by atoms with Crippen molar-refractivity contribution in [1.82, 2.24) is 10.2 Å². The van der Waals surface area contributed by atoms with Gasteiger partial charge in [0.2, 0.25) is 11.8 Å². The van der Waals surface area contributed by atoms with Crippen molar-refractivity contribution in [2.45, 2.75) is 65.0 Å². The molecular formula is C15H30ClN3O2. The Morgan fingerprint density at radius 1 is 1.38 bits per heavy atom. The number of nitrogens with one attached hydrogen (secondary N) is 1. The number of halogens is 1. The molecule has 0 saturated carbocycles. The molecule has 0 aliphatic carbocycles. The number of amides is 2. The van der Waals surface area contributed by atoms with Crippen molar-refractivity contribution in [2.24, 2.45) is 11.7 Å². The molecule has 0 aromatic carbocycles. The predicted octanol–water partition coefficient (Wildman–Crippen LogP) is 1.69. The molecule has 3 atom stereocenters. The van der Waals surface area contributed by atoms with Crippen LogP contribution in [0.1, 0.15) is 52.9 Å². The molecule has 1 rings (SSSR count). The predicted molar refractivity (Wildman–Crippen MR) is 87.3 cm³/mol. The number of likely N-dealkylation sites (tertiary alicyclic amines) is 1. The first-order chi connectivity index (χ1) is 9.49. The molecule has 3 unspecified atom stereocenters. The third-order valence-corrected chi connectivity index (χ3v) is 4.12. The zero-order valence-electron chi connectivity index (χ0n) is 13.4. The van der Waals surface area contributed by atoms with Gasteiger partial charge in [0.1, 0.15) is 0 Å². The molecule has 1 aliphatic heterocycles. The van der Waals surface area contributed by atoms with Crippen LogP contribution in [0.15, 0.2) is 0 Å². The molecule has 0 bridgehead atoms. The summed E-state index contributed by atoms with van der Waals surface area (Å²) < 4.78 is 0. The van der Waals surface area contributed by atoms with Gasteiger partial charge in [0.15, 0.2) is 0 Å². The lowest BCUT2D eigenvalue weighted by molar-refractivity contribution is -0.136. The Kier molecular flexibility index (Phi) is 9.62. The van der Waals surface area contributed by atoms with Crippen LogP contribution in [-0.4, -0.2) is 41.9 Å². The standard InChI is InChI=1S/C15H29N3O2.ClH/c1-4-7-13(19)17-12-8-6-9-18(10-12)15(20)14(16)11(3)5-2;/h11-12,14H,4-10,16H2,1-3H3,(H,17,19);1H. The van der Waals surface area contributed by atoms with Crippen LogP contribution in [0.4, 0.5) is 0 Å². The van der Waals surface area contributed by atoms with Crippen LogP contribution >= 0.6 is 12.4 Å². The topological polar surface area (TPSA) is 75.4 Å². The summed E-state index contributed by atoms with van der Waals surface area (Å²) in [4.78, 5) is 25.8. The molecule has 1 heterocycles. The maximum absolute atomic E-state index is 12.3. The second-order valence-corrected chi connectivity index (χ2v) is 5.85. The van der Waals surface area contributed by atoms with Crippen molar-refractivity contribution in [3.63, 3.8) is 0 Å². The Labute approximate surface area is 134 Å². The van der Waals surface area contributed by atoms with E-state index in [2.05, 4.69) is 5.32 Å². The van der Waals surface area contributed by atoms with Crippen molar-refractivity contribution in [3.05, 3.63) is 0 Å². The number of hydrogen-bond acceptors (Lipinski definition) is 3. The lowest BCUT2D eigenvalue weighted by Gasteiger charge is -2.35. The van der Waals surface area contributed by atoms with Gasteiger partial charge in [-0.15, -0.1) is 12.4 Å². The monoisotopic (exact) mass is 319 g/mol. The third kappa shape index (κ3) is 6.22. The lowest BCUT2D eigenvalue weighted by Crippen LogP contribution is -2.54. The van der Waals surface area contributed by atoms with E-state index >= 15 is 0 Å². The Morgan fingerprint density at radius 3 is 2.62 bits per heavy atom. The number of carbonyl (C=O) groups excluding carboxylic acids is 2. The molecule has 0 aromatic heterocycles. The summed E-state index contributed by atoms with van der Waals surface area (Å²) in [6.07, 6.45) is 4.17. The summed E-state index contributed by atoms with van der Waals surface area (Å²) >= 11 is 0. The molecule has 1 aliphatic rings. The fourth-order valence-electron chi connectivity index (χ4n) is 2.53. The number of nitrogens with zero attached hydrogens (tertiary/aromatic N) is 1. The van der Waals surface area contributed by atoms with Gasteiger partial charge in [0.25, 0.3) is 0 Å². The minimum Gasteiger partial charge on any atom is -0.352 e. The number of carbonyl (C=O) groups is 2. The van der Waals surface area contributed by atoms with E-state index in [0.717, 1.165) is 32.2 Å². The summed E-state index contributed by atoms with van der Waals surface area (Å²) in [6.45, 7) is 7.39. The molecule has 21 heavy (non-hydrogen) atoms. The van der Waals surface area contributed by atoms with Gasteiger partial charge in [0, 0.05) is 25.6 Å². The van der Waals surface area contributed by atoms with E-state index in [0.29, 0.717) is 13.0 Å². The normalized spacial score (nSPS) is 21.1. The molecule has 0 radical (unpaired) electrons. The van der Waals surface area contributed by atoms with E-state index in [9.17, 15) is 9.59 Å². The van der Waals surface area contributed by atoms with Gasteiger partial charge in [-0.2, -0.15) is 0 Å². The molecule has 5 nitrogen and oxygen atoms in total. The van der Waals surface area contributed by atoms with Crippen molar-refractivity contribution in [2.75, 3.05) is 13.1 Å². The highest BCUT2D eigenvalue weighted by Gasteiger charge is 2.29. The molecule has 2 amide bonds. The van der Waals surface area contributed by atoms with Gasteiger partial charge in [-0.25, -0.2) is 0 Å². The van der Waals surface area contributed by atoms with Crippen LogP contribution in [0.2, 0.25) is 0 Å². The highest BCUT2D eigenvalue weighted by Crippen LogP contribution is 2.15. The average molecular weight is 320 g/mol. The molecular weight excluding hydrogens is 290 g/mol. The van der Waals surface area contributed by atoms with Crippen LogP contribution in [-0.2, 0) is 9.59 Å². The van der Waals surface area contributed by atoms with Crippen LogP contribution in [0, 0.1) is 5.92 Å². The Balaban J connectivity index is 0.00000400. The Bertz CT molecular complexity index is 339. The fourth-order valence-corrected chi connectivity index (χ4v) is 2.53. The van der Waals surface area contributed by atoms with Crippen LogP contribution < -0.4 is 11.1 Å². The summed E-state index contributed by atoms with van der Waals surface area (Å²) in [5, 5.41) is 3.01. The number of nitrogens with two attached hydrogens (primary N) is 1. The zero-order chi connectivity index (χ0) is 15.1. The van der Waals surface area contributed by atoms with Crippen LogP contribution in [0.3, 0.4) is 0 Å². The largest absolute Gasteiger partial charge is 0.352 e. The van der Waals surface area contributed by atoms with Crippen LogP contribution in [0.5, 0.6) is 0 Å². The minimum atomic E-state index is -0.426. The van der Waals surface area contributed by atoms with E-state index in [-0.39, 0.29) is 36.2 Å². The van der Waals surface area contributed by atoms with E-state index < -0.39 is 6.04 Å². The zero-order valence-corrected chi connectivity index (χ0v) is 14.2. The number of piperidine rings is 1. The van der Waals surface area contributed by atoms with Gasteiger partial charge in [0.05, 0.1) is 6.04 Å². The molecule has 6 heteroatoms. The smallest absolute Gasteiger partial charge is 0.239 e. The van der Waals surface area contributed by atoms with Gasteiger partial charge in [-0.3, -0.25) is 9.59 Å². The van der Waals surface area contributed by atoms with Gasteiger partial charge < -0.3 is 16.0 Å². The SMILES string of the molecule is CCCC(=O)NC1CCCN(C(=O)C(N)C(C)CC)C1.Cl. The first-order valence-corrected chi connectivity index (χ1v) is 7.83. The van der Waals surface area contributed by atoms with Gasteiger partial charge in [-0.1, -0.05) is 27.2 Å². The molecule has 0 aromatic rings. The maximum Gasteiger partial charge on any atom is 0.239 e. The van der Waals surface area contributed by atoms with Gasteiger partial charge in [-0.05, 0) is 25.2 Å². The van der Waals surface area contributed by atoms with Crippen molar-refractivity contribution >= 4 is 24.2 Å². The first kappa shape index (κ1) is 20.2. The second-order valence-electron chi connectivity index (χ2n) is 5.85. The minimum absolute atomic E-state index is 0. The van der Waals surface area contributed by atoms with E-state index in [4.69, 9.17) is 5.73 Å². The van der Waals surface area contributed by atoms with Crippen molar-refractivity contribution in [1.29, 1.82) is 0 Å². The Hall–Kier alpha value is -0.810. The third-order valence-electron chi connectivity index (χ3n) is 4.12. The number of hydrogen-bond donors (Lipinski definition) is 2.